The first kappa shape index (κ1) is 29.0. The molecule has 0 aromatic rings. The molecule has 36 heavy (non-hydrogen) atoms. The highest BCUT2D eigenvalue weighted by atomic mass is 16.6. The Kier molecular flexibility index (Phi) is 10.7. The fourth-order valence-corrected chi connectivity index (χ4v) is 5.27. The summed E-state index contributed by atoms with van der Waals surface area (Å²) in [7, 11) is 1.68. The number of carbonyl (C=O) groups excluding carboxylic acids is 2. The Balaban J connectivity index is 1.36. The van der Waals surface area contributed by atoms with Crippen LogP contribution in [0.25, 0.3) is 0 Å². The molecule has 10 nitrogen and oxygen atoms in total. The molecular weight excluding hydrogens is 468 g/mol. The van der Waals surface area contributed by atoms with E-state index < -0.39 is 0 Å². The molecule has 2 saturated heterocycles. The van der Waals surface area contributed by atoms with Crippen LogP contribution < -0.4 is 11.1 Å². The average Bonchev–Trinajstić information content (AvgIpc) is 3.76. The number of amides is 1. The minimum absolute atomic E-state index is 0.0177. The van der Waals surface area contributed by atoms with Gasteiger partial charge < -0.3 is 39.5 Å². The number of ether oxygens (including phenoxy) is 6. The normalized spacial score (nSPS) is 32.7. The van der Waals surface area contributed by atoms with Crippen LogP contribution in [0.2, 0.25) is 0 Å². The standard InChI is InChI=1S/C26H44N2O8/c1-18(2)7-8-20-25(3,36-20)24-23(31-4)19(9-10-26(24)17-34-26)35-22(30)6-5-12-32-14-15-33-13-11-28-21(29)16-27/h7,19-20,23-24H,5-6,8-17,27H2,1-4H3,(H,28,29)/t19?,20-,23?,24?,25+,26+/m1/s1. The minimum Gasteiger partial charge on any atom is -0.460 e. The Morgan fingerprint density at radius 2 is 1.89 bits per heavy atom. The van der Waals surface area contributed by atoms with Crippen molar-refractivity contribution < 1.29 is 38.0 Å². The number of hydrogen-bond acceptors (Lipinski definition) is 9. The Bertz CT molecular complexity index is 767. The molecule has 3 aliphatic rings. The van der Waals surface area contributed by atoms with Crippen LogP contribution in [0.1, 0.15) is 52.9 Å². The first-order valence-electron chi connectivity index (χ1n) is 13.1. The highest BCUT2D eigenvalue weighted by molar-refractivity contribution is 5.77. The third-order valence-corrected chi connectivity index (χ3v) is 7.32. The number of hydrogen-bond donors (Lipinski definition) is 2. The highest BCUT2D eigenvalue weighted by Crippen LogP contribution is 2.59. The number of allylic oxidation sites excluding steroid dienone is 1. The molecular formula is C26H44N2O8. The number of nitrogens with two attached hydrogens (primary N) is 1. The molecule has 10 heteroatoms. The molecule has 1 saturated carbocycles. The van der Waals surface area contributed by atoms with Crippen molar-refractivity contribution in [3.05, 3.63) is 11.6 Å². The summed E-state index contributed by atoms with van der Waals surface area (Å²) < 4.78 is 34.9. The second-order valence-electron chi connectivity index (χ2n) is 10.3. The van der Waals surface area contributed by atoms with E-state index in [4.69, 9.17) is 34.2 Å². The molecule has 1 aliphatic carbocycles. The molecule has 3 N–H and O–H groups in total. The van der Waals surface area contributed by atoms with Crippen LogP contribution in [0.4, 0.5) is 0 Å². The van der Waals surface area contributed by atoms with E-state index in [0.29, 0.717) is 46.0 Å². The van der Waals surface area contributed by atoms with Crippen molar-refractivity contribution in [2.45, 2.75) is 82.4 Å². The molecule has 0 aromatic heterocycles. The van der Waals surface area contributed by atoms with Gasteiger partial charge >= 0.3 is 5.97 Å². The molecule has 6 atom stereocenters. The molecule has 0 bridgehead atoms. The zero-order valence-corrected chi connectivity index (χ0v) is 22.2. The zero-order chi connectivity index (χ0) is 26.2. The van der Waals surface area contributed by atoms with Crippen LogP contribution >= 0.6 is 0 Å². The van der Waals surface area contributed by atoms with Gasteiger partial charge in [-0.25, -0.2) is 0 Å². The average molecular weight is 513 g/mol. The summed E-state index contributed by atoms with van der Waals surface area (Å²) in [6.45, 7) is 9.09. The van der Waals surface area contributed by atoms with Gasteiger partial charge in [-0.15, -0.1) is 0 Å². The lowest BCUT2D eigenvalue weighted by atomic mass is 9.68. The van der Waals surface area contributed by atoms with Crippen molar-refractivity contribution in [1.29, 1.82) is 0 Å². The summed E-state index contributed by atoms with van der Waals surface area (Å²) in [4.78, 5) is 23.6. The lowest BCUT2D eigenvalue weighted by Crippen LogP contribution is -2.55. The second kappa shape index (κ2) is 13.3. The molecule has 0 aromatic carbocycles. The van der Waals surface area contributed by atoms with E-state index in [2.05, 4.69) is 32.2 Å². The minimum atomic E-state index is -0.347. The smallest absolute Gasteiger partial charge is 0.306 e. The van der Waals surface area contributed by atoms with Crippen LogP contribution in [0.5, 0.6) is 0 Å². The van der Waals surface area contributed by atoms with Crippen molar-refractivity contribution >= 4 is 11.9 Å². The molecule has 2 aliphatic heterocycles. The number of esters is 1. The maximum atomic E-state index is 12.6. The van der Waals surface area contributed by atoms with Gasteiger partial charge in [0.2, 0.25) is 5.91 Å². The van der Waals surface area contributed by atoms with E-state index in [1.54, 1.807) is 7.11 Å². The van der Waals surface area contributed by atoms with Gasteiger partial charge in [-0.1, -0.05) is 11.6 Å². The second-order valence-corrected chi connectivity index (χ2v) is 10.3. The number of epoxide rings is 2. The van der Waals surface area contributed by atoms with Crippen molar-refractivity contribution in [3.8, 4) is 0 Å². The van der Waals surface area contributed by atoms with E-state index in [0.717, 1.165) is 19.3 Å². The fraction of sp³-hybridized carbons (Fsp3) is 0.846. The van der Waals surface area contributed by atoms with Crippen LogP contribution in [0.3, 0.4) is 0 Å². The van der Waals surface area contributed by atoms with E-state index in [-0.39, 0.29) is 60.3 Å². The van der Waals surface area contributed by atoms with Gasteiger partial charge in [0.05, 0.1) is 45.0 Å². The molecule has 3 fully saturated rings. The summed E-state index contributed by atoms with van der Waals surface area (Å²) in [6.07, 6.45) is 5.00. The monoisotopic (exact) mass is 512 g/mol. The molecule has 2 heterocycles. The zero-order valence-electron chi connectivity index (χ0n) is 22.2. The van der Waals surface area contributed by atoms with Crippen molar-refractivity contribution in [2.75, 3.05) is 53.2 Å². The molecule has 1 amide bonds. The van der Waals surface area contributed by atoms with Gasteiger partial charge in [-0.2, -0.15) is 0 Å². The predicted octanol–water partition coefficient (Wildman–Crippen LogP) is 1.49. The molecule has 3 unspecified atom stereocenters. The summed E-state index contributed by atoms with van der Waals surface area (Å²) in [5.74, 6) is -0.433. The largest absolute Gasteiger partial charge is 0.460 e. The van der Waals surface area contributed by atoms with Gasteiger partial charge in [0.15, 0.2) is 0 Å². The summed E-state index contributed by atoms with van der Waals surface area (Å²) in [6, 6.07) is 0. The maximum Gasteiger partial charge on any atom is 0.306 e. The Morgan fingerprint density at radius 3 is 2.53 bits per heavy atom. The SMILES string of the molecule is COC1C(OC(=O)CCCOCCOCCNC(=O)CN)CC[C@]2(CO2)C1[C@@]1(C)O[C@@H]1CC=C(C)C. The summed E-state index contributed by atoms with van der Waals surface area (Å²) in [5.41, 5.74) is 5.90. The van der Waals surface area contributed by atoms with Crippen LogP contribution in [-0.4, -0.2) is 94.6 Å². The van der Waals surface area contributed by atoms with E-state index in [1.165, 1.54) is 5.57 Å². The number of carbonyl (C=O) groups is 2. The molecule has 0 radical (unpaired) electrons. The Labute approximate surface area is 214 Å². The lowest BCUT2D eigenvalue weighted by Gasteiger charge is -2.42. The molecule has 3 rings (SSSR count). The van der Waals surface area contributed by atoms with Gasteiger partial charge in [0.1, 0.15) is 23.4 Å². The topological polar surface area (TPSA) is 134 Å². The highest BCUT2D eigenvalue weighted by Gasteiger charge is 2.72. The van der Waals surface area contributed by atoms with Gasteiger partial charge in [0.25, 0.3) is 0 Å². The maximum absolute atomic E-state index is 12.6. The molecule has 206 valence electrons. The van der Waals surface area contributed by atoms with Gasteiger partial charge in [0, 0.05) is 26.7 Å². The summed E-state index contributed by atoms with van der Waals surface area (Å²) >= 11 is 0. The Hall–Kier alpha value is -1.56. The van der Waals surface area contributed by atoms with Crippen molar-refractivity contribution in [1.82, 2.24) is 5.32 Å². The van der Waals surface area contributed by atoms with Crippen LogP contribution in [-0.2, 0) is 38.0 Å². The van der Waals surface area contributed by atoms with Gasteiger partial charge in [-0.3, -0.25) is 9.59 Å². The first-order chi connectivity index (χ1) is 17.3. The molecule has 1 spiro atoms. The Morgan fingerprint density at radius 1 is 1.17 bits per heavy atom. The van der Waals surface area contributed by atoms with Gasteiger partial charge in [-0.05, 0) is 46.5 Å². The third-order valence-electron chi connectivity index (χ3n) is 7.32. The van der Waals surface area contributed by atoms with E-state index in [1.807, 2.05) is 0 Å². The third kappa shape index (κ3) is 7.72. The van der Waals surface area contributed by atoms with Crippen molar-refractivity contribution in [2.24, 2.45) is 11.7 Å². The fourth-order valence-electron chi connectivity index (χ4n) is 5.27. The summed E-state index contributed by atoms with van der Waals surface area (Å²) in [5, 5.41) is 2.62. The van der Waals surface area contributed by atoms with Crippen LogP contribution in [0.15, 0.2) is 11.6 Å². The predicted molar refractivity (Wildman–Crippen MR) is 132 cm³/mol. The lowest BCUT2D eigenvalue weighted by molar-refractivity contribution is -0.172. The number of nitrogens with one attached hydrogen (secondary N) is 1. The van der Waals surface area contributed by atoms with Crippen molar-refractivity contribution in [3.63, 3.8) is 0 Å². The number of methoxy groups -OCH3 is 1. The first-order valence-corrected chi connectivity index (χ1v) is 13.1. The van der Waals surface area contributed by atoms with Crippen LogP contribution in [0, 0.1) is 5.92 Å². The quantitative estimate of drug-likeness (QED) is 0.136. The van der Waals surface area contributed by atoms with E-state index in [9.17, 15) is 9.59 Å². The van der Waals surface area contributed by atoms with E-state index >= 15 is 0 Å². The number of rotatable bonds is 16.